The summed E-state index contributed by atoms with van der Waals surface area (Å²) in [5.41, 5.74) is 0.837. The molecule has 0 saturated carbocycles. The van der Waals surface area contributed by atoms with Gasteiger partial charge in [0.1, 0.15) is 5.75 Å². The molecule has 2 rings (SSSR count). The van der Waals surface area contributed by atoms with Crippen molar-refractivity contribution in [2.45, 2.75) is 16.2 Å². The molecule has 0 atom stereocenters. The third-order valence-corrected chi connectivity index (χ3v) is 3.91. The summed E-state index contributed by atoms with van der Waals surface area (Å²) in [4.78, 5) is 23.7. The first-order chi connectivity index (χ1) is 10.5. The van der Waals surface area contributed by atoms with E-state index in [1.165, 1.54) is 24.9 Å². The Hall–Kier alpha value is -2.47. The quantitative estimate of drug-likeness (QED) is 0.825. The van der Waals surface area contributed by atoms with E-state index in [2.05, 4.69) is 4.74 Å². The number of carboxylic acid groups (broad SMARTS) is 1. The van der Waals surface area contributed by atoms with E-state index >= 15 is 0 Å². The molecular weight excluding hydrogens is 304 g/mol. The first kappa shape index (κ1) is 15.9. The highest BCUT2D eigenvalue weighted by Crippen LogP contribution is 2.31. The van der Waals surface area contributed by atoms with E-state index in [0.29, 0.717) is 11.1 Å². The highest BCUT2D eigenvalue weighted by molar-refractivity contribution is 7.99. The van der Waals surface area contributed by atoms with Crippen molar-refractivity contribution in [2.75, 3.05) is 7.11 Å². The van der Waals surface area contributed by atoms with Gasteiger partial charge in [0.2, 0.25) is 0 Å². The summed E-state index contributed by atoms with van der Waals surface area (Å²) in [5.74, 6) is -1.43. The van der Waals surface area contributed by atoms with Gasteiger partial charge in [-0.25, -0.2) is 4.79 Å². The largest absolute Gasteiger partial charge is 0.508 e. The Morgan fingerprint density at radius 3 is 2.27 bits per heavy atom. The van der Waals surface area contributed by atoms with Gasteiger partial charge in [-0.05, 0) is 36.4 Å². The average Bonchev–Trinajstić information content (AvgIpc) is 2.49. The summed E-state index contributed by atoms with van der Waals surface area (Å²) in [6.07, 6.45) is -0.218. The molecule has 0 radical (unpaired) electrons. The highest BCUT2D eigenvalue weighted by Gasteiger charge is 2.09. The van der Waals surface area contributed by atoms with Crippen LogP contribution in [0.5, 0.6) is 5.75 Å². The summed E-state index contributed by atoms with van der Waals surface area (Å²) in [6.45, 7) is 0. The van der Waals surface area contributed by atoms with E-state index in [4.69, 9.17) is 5.11 Å². The number of esters is 1. The molecule has 114 valence electrons. The smallest absolute Gasteiger partial charge is 0.337 e. The number of methoxy groups -OCH3 is 1. The van der Waals surface area contributed by atoms with Gasteiger partial charge in [0.05, 0.1) is 19.1 Å². The number of aromatic hydroxyl groups is 1. The first-order valence-corrected chi connectivity index (χ1v) is 7.21. The monoisotopic (exact) mass is 318 g/mol. The van der Waals surface area contributed by atoms with Crippen LogP contribution in [0, 0.1) is 0 Å². The maximum atomic E-state index is 11.3. The number of rotatable bonds is 5. The number of hydrogen-bond acceptors (Lipinski definition) is 5. The number of benzene rings is 2. The Balaban J connectivity index is 2.12. The van der Waals surface area contributed by atoms with Crippen LogP contribution in [0.15, 0.2) is 52.3 Å². The van der Waals surface area contributed by atoms with Gasteiger partial charge in [-0.3, -0.25) is 4.79 Å². The zero-order valence-electron chi connectivity index (χ0n) is 11.8. The molecule has 0 fully saturated rings. The molecule has 0 aliphatic rings. The number of carbonyl (C=O) groups is 2. The van der Waals surface area contributed by atoms with Crippen molar-refractivity contribution in [3.63, 3.8) is 0 Å². The van der Waals surface area contributed by atoms with Crippen LogP contribution in [-0.2, 0) is 16.0 Å². The molecule has 5 nitrogen and oxygen atoms in total. The SMILES string of the molecule is COC(=O)c1ccc(Sc2ccc(CC(=O)O)c(O)c2)cc1. The van der Waals surface area contributed by atoms with Crippen molar-refractivity contribution in [1.29, 1.82) is 0 Å². The number of hydrogen-bond donors (Lipinski definition) is 2. The number of carboxylic acids is 1. The van der Waals surface area contributed by atoms with Gasteiger partial charge in [-0.2, -0.15) is 0 Å². The molecule has 0 bridgehead atoms. The molecule has 0 aromatic heterocycles. The third kappa shape index (κ3) is 4.02. The van der Waals surface area contributed by atoms with Crippen LogP contribution in [0.1, 0.15) is 15.9 Å². The van der Waals surface area contributed by atoms with Crippen molar-refractivity contribution in [1.82, 2.24) is 0 Å². The predicted octanol–water partition coefficient (Wildman–Crippen LogP) is 2.96. The number of phenols is 1. The van der Waals surface area contributed by atoms with E-state index in [1.54, 1.807) is 36.4 Å². The molecule has 0 saturated heterocycles. The van der Waals surface area contributed by atoms with E-state index in [1.807, 2.05) is 0 Å². The maximum Gasteiger partial charge on any atom is 0.337 e. The topological polar surface area (TPSA) is 83.8 Å². The lowest BCUT2D eigenvalue weighted by molar-refractivity contribution is -0.136. The Bertz CT molecular complexity index is 694. The lowest BCUT2D eigenvalue weighted by Gasteiger charge is -2.06. The zero-order valence-corrected chi connectivity index (χ0v) is 12.6. The van der Waals surface area contributed by atoms with E-state index in [9.17, 15) is 14.7 Å². The number of carbonyl (C=O) groups excluding carboxylic acids is 1. The Morgan fingerprint density at radius 2 is 1.73 bits per heavy atom. The summed E-state index contributed by atoms with van der Waals surface area (Å²) < 4.78 is 4.63. The van der Waals surface area contributed by atoms with Crippen LogP contribution in [0.4, 0.5) is 0 Å². The van der Waals surface area contributed by atoms with E-state index in [-0.39, 0.29) is 12.2 Å². The van der Waals surface area contributed by atoms with Crippen LogP contribution >= 0.6 is 11.8 Å². The molecule has 0 spiro atoms. The Morgan fingerprint density at radius 1 is 1.09 bits per heavy atom. The zero-order chi connectivity index (χ0) is 16.1. The predicted molar refractivity (Wildman–Crippen MR) is 81.4 cm³/mol. The number of ether oxygens (including phenoxy) is 1. The van der Waals surface area contributed by atoms with Crippen molar-refractivity contribution >= 4 is 23.7 Å². The van der Waals surface area contributed by atoms with Gasteiger partial charge in [0.15, 0.2) is 0 Å². The van der Waals surface area contributed by atoms with Crippen LogP contribution in [0.2, 0.25) is 0 Å². The van der Waals surface area contributed by atoms with Gasteiger partial charge in [0.25, 0.3) is 0 Å². The fourth-order valence-electron chi connectivity index (χ4n) is 1.83. The molecule has 0 aliphatic carbocycles. The van der Waals surface area contributed by atoms with Gasteiger partial charge in [-0.1, -0.05) is 17.8 Å². The minimum absolute atomic E-state index is 0.0430. The Kier molecular flexibility index (Phi) is 5.06. The van der Waals surface area contributed by atoms with E-state index in [0.717, 1.165) is 9.79 Å². The summed E-state index contributed by atoms with van der Waals surface area (Å²) >= 11 is 1.40. The van der Waals surface area contributed by atoms with Crippen LogP contribution in [0.25, 0.3) is 0 Å². The molecule has 0 heterocycles. The first-order valence-electron chi connectivity index (χ1n) is 6.39. The van der Waals surface area contributed by atoms with E-state index < -0.39 is 11.9 Å². The second kappa shape index (κ2) is 7.00. The molecular formula is C16H14O5S. The molecule has 2 aromatic carbocycles. The molecule has 6 heteroatoms. The van der Waals surface area contributed by atoms with Crippen LogP contribution < -0.4 is 0 Å². The van der Waals surface area contributed by atoms with Crippen molar-refractivity contribution in [2.24, 2.45) is 0 Å². The normalized spacial score (nSPS) is 10.2. The standard InChI is InChI=1S/C16H14O5S/c1-21-16(20)10-2-5-12(6-3-10)22-13-7-4-11(8-15(18)19)14(17)9-13/h2-7,9,17H,8H2,1H3,(H,18,19). The van der Waals surface area contributed by atoms with Gasteiger partial charge in [0, 0.05) is 15.4 Å². The van der Waals surface area contributed by atoms with Crippen LogP contribution in [-0.4, -0.2) is 29.3 Å². The van der Waals surface area contributed by atoms with Gasteiger partial charge < -0.3 is 14.9 Å². The summed E-state index contributed by atoms with van der Waals surface area (Å²) in [7, 11) is 1.33. The van der Waals surface area contributed by atoms with Gasteiger partial charge >= 0.3 is 11.9 Å². The fraction of sp³-hybridized carbons (Fsp3) is 0.125. The van der Waals surface area contributed by atoms with Gasteiger partial charge in [-0.15, -0.1) is 0 Å². The minimum atomic E-state index is -0.992. The Labute approximate surface area is 131 Å². The average molecular weight is 318 g/mol. The minimum Gasteiger partial charge on any atom is -0.508 e. The second-order valence-electron chi connectivity index (χ2n) is 4.48. The third-order valence-electron chi connectivity index (χ3n) is 2.91. The van der Waals surface area contributed by atoms with Crippen LogP contribution in [0.3, 0.4) is 0 Å². The number of phenolic OH excluding ortho intramolecular Hbond substituents is 1. The lowest BCUT2D eigenvalue weighted by Crippen LogP contribution is -2.00. The number of aliphatic carboxylic acids is 1. The lowest BCUT2D eigenvalue weighted by atomic mass is 10.1. The maximum absolute atomic E-state index is 11.3. The molecule has 22 heavy (non-hydrogen) atoms. The molecule has 2 aromatic rings. The summed E-state index contributed by atoms with van der Waals surface area (Å²) in [5, 5.41) is 18.6. The van der Waals surface area contributed by atoms with Crippen molar-refractivity contribution in [3.8, 4) is 5.75 Å². The fourth-order valence-corrected chi connectivity index (χ4v) is 2.68. The summed E-state index contributed by atoms with van der Waals surface area (Å²) in [6, 6.07) is 11.7. The molecule has 0 aliphatic heterocycles. The van der Waals surface area contributed by atoms with Crippen molar-refractivity contribution < 1.29 is 24.5 Å². The molecule has 0 unspecified atom stereocenters. The second-order valence-corrected chi connectivity index (χ2v) is 5.63. The molecule has 0 amide bonds. The highest BCUT2D eigenvalue weighted by atomic mass is 32.2. The van der Waals surface area contributed by atoms with Crippen molar-refractivity contribution in [3.05, 3.63) is 53.6 Å². The molecule has 2 N–H and O–H groups in total.